The predicted octanol–water partition coefficient (Wildman–Crippen LogP) is 3.34. The number of aromatic nitrogens is 2. The van der Waals surface area contributed by atoms with Crippen molar-refractivity contribution >= 4 is 12.0 Å². The molecule has 28 heavy (non-hydrogen) atoms. The van der Waals surface area contributed by atoms with Crippen molar-refractivity contribution in [2.24, 2.45) is 0 Å². The molecule has 3 heterocycles. The van der Waals surface area contributed by atoms with Crippen LogP contribution in [0.5, 0.6) is 0 Å². The van der Waals surface area contributed by atoms with Crippen LogP contribution in [0.25, 0.3) is 11.8 Å². The quantitative estimate of drug-likeness (QED) is 0.690. The van der Waals surface area contributed by atoms with Gasteiger partial charge in [0.2, 0.25) is 0 Å². The summed E-state index contributed by atoms with van der Waals surface area (Å²) in [6.45, 7) is 4.11. The normalized spacial score (nSPS) is 15.2. The standard InChI is InChI=1S/C23H24N4O/c28-23(22-19-21(10-11-24-22)26-13-4-5-14-26)27-17-15-25(16-18-27)12-6-9-20-7-2-1-3-8-20/h1-11,13-14,19H,12,15-18H2/b9-6+. The van der Waals surface area contributed by atoms with E-state index < -0.39 is 0 Å². The third kappa shape index (κ3) is 4.38. The summed E-state index contributed by atoms with van der Waals surface area (Å²) in [6, 6.07) is 18.0. The number of carbonyl (C=O) groups excluding carboxylic acids is 1. The lowest BCUT2D eigenvalue weighted by atomic mass is 10.2. The monoisotopic (exact) mass is 372 g/mol. The number of nitrogens with zero attached hydrogens (tertiary/aromatic N) is 4. The summed E-state index contributed by atoms with van der Waals surface area (Å²) in [6.07, 6.45) is 9.97. The Labute approximate surface area is 165 Å². The van der Waals surface area contributed by atoms with Gasteiger partial charge in [0.1, 0.15) is 5.69 Å². The Balaban J connectivity index is 1.32. The van der Waals surface area contributed by atoms with Crippen LogP contribution >= 0.6 is 0 Å². The number of amides is 1. The molecule has 2 aromatic heterocycles. The molecule has 0 bridgehead atoms. The number of hydrogen-bond donors (Lipinski definition) is 0. The molecule has 0 N–H and O–H groups in total. The zero-order valence-corrected chi connectivity index (χ0v) is 15.8. The molecule has 1 aliphatic rings. The van der Waals surface area contributed by atoms with Gasteiger partial charge in [0.05, 0.1) is 0 Å². The first-order valence-corrected chi connectivity index (χ1v) is 9.62. The molecule has 1 fully saturated rings. The maximum absolute atomic E-state index is 12.8. The molecule has 0 atom stereocenters. The molecular weight excluding hydrogens is 348 g/mol. The molecule has 5 heteroatoms. The van der Waals surface area contributed by atoms with Crippen LogP contribution in [0.2, 0.25) is 0 Å². The summed E-state index contributed by atoms with van der Waals surface area (Å²) < 4.78 is 1.98. The summed E-state index contributed by atoms with van der Waals surface area (Å²) >= 11 is 0. The van der Waals surface area contributed by atoms with E-state index >= 15 is 0 Å². The van der Waals surface area contributed by atoms with E-state index in [1.807, 2.05) is 64.3 Å². The fraction of sp³-hybridized carbons (Fsp3) is 0.217. The lowest BCUT2D eigenvalue weighted by molar-refractivity contribution is 0.0644. The second kappa shape index (κ2) is 8.67. The van der Waals surface area contributed by atoms with E-state index in [1.165, 1.54) is 5.56 Å². The molecule has 1 aliphatic heterocycles. The lowest BCUT2D eigenvalue weighted by Crippen LogP contribution is -2.48. The fourth-order valence-electron chi connectivity index (χ4n) is 3.40. The minimum atomic E-state index is 0.00786. The average Bonchev–Trinajstić information content (AvgIpc) is 3.30. The molecule has 0 aliphatic carbocycles. The summed E-state index contributed by atoms with van der Waals surface area (Å²) in [5, 5.41) is 0. The van der Waals surface area contributed by atoms with Crippen molar-refractivity contribution in [3.8, 4) is 5.69 Å². The molecule has 5 nitrogen and oxygen atoms in total. The van der Waals surface area contributed by atoms with Gasteiger partial charge in [-0.25, -0.2) is 0 Å². The number of rotatable bonds is 5. The van der Waals surface area contributed by atoms with Crippen LogP contribution < -0.4 is 0 Å². The van der Waals surface area contributed by atoms with Gasteiger partial charge in [-0.3, -0.25) is 14.7 Å². The first kappa shape index (κ1) is 18.2. The van der Waals surface area contributed by atoms with Crippen molar-refractivity contribution < 1.29 is 4.79 Å². The maximum Gasteiger partial charge on any atom is 0.272 e. The molecule has 142 valence electrons. The maximum atomic E-state index is 12.8. The van der Waals surface area contributed by atoms with Gasteiger partial charge in [-0.1, -0.05) is 42.5 Å². The predicted molar refractivity (Wildman–Crippen MR) is 111 cm³/mol. The summed E-state index contributed by atoms with van der Waals surface area (Å²) in [5.41, 5.74) is 2.67. The van der Waals surface area contributed by atoms with Crippen LogP contribution in [0, 0.1) is 0 Å². The van der Waals surface area contributed by atoms with E-state index in [1.54, 1.807) is 6.20 Å². The van der Waals surface area contributed by atoms with Crippen LogP contribution in [-0.4, -0.2) is 58.0 Å². The smallest absolute Gasteiger partial charge is 0.272 e. The Kier molecular flexibility index (Phi) is 5.64. The minimum Gasteiger partial charge on any atom is -0.335 e. The van der Waals surface area contributed by atoms with Crippen molar-refractivity contribution in [1.29, 1.82) is 0 Å². The van der Waals surface area contributed by atoms with E-state index in [4.69, 9.17) is 0 Å². The SMILES string of the molecule is O=C(c1cc(-n2cccc2)ccn1)N1CCN(C/C=C/c2ccccc2)CC1. The lowest BCUT2D eigenvalue weighted by Gasteiger charge is -2.34. The molecule has 1 saturated heterocycles. The van der Waals surface area contributed by atoms with Crippen molar-refractivity contribution in [3.63, 3.8) is 0 Å². The van der Waals surface area contributed by atoms with Gasteiger partial charge in [0.15, 0.2) is 0 Å². The van der Waals surface area contributed by atoms with E-state index in [2.05, 4.69) is 34.2 Å². The Bertz CT molecular complexity index is 926. The highest BCUT2D eigenvalue weighted by atomic mass is 16.2. The molecule has 0 unspecified atom stereocenters. The van der Waals surface area contributed by atoms with Gasteiger partial charge in [0.25, 0.3) is 5.91 Å². The summed E-state index contributed by atoms with van der Waals surface area (Å²) in [5.74, 6) is 0.00786. The van der Waals surface area contributed by atoms with Gasteiger partial charge in [-0.2, -0.15) is 0 Å². The highest BCUT2D eigenvalue weighted by Gasteiger charge is 2.22. The molecular formula is C23H24N4O. The molecule has 0 radical (unpaired) electrons. The zero-order chi connectivity index (χ0) is 19.2. The Morgan fingerprint density at radius 2 is 1.71 bits per heavy atom. The van der Waals surface area contributed by atoms with Crippen LogP contribution in [0.4, 0.5) is 0 Å². The van der Waals surface area contributed by atoms with Crippen LogP contribution in [-0.2, 0) is 0 Å². The number of piperazine rings is 1. The van der Waals surface area contributed by atoms with Gasteiger partial charge in [-0.15, -0.1) is 0 Å². The van der Waals surface area contributed by atoms with Crippen LogP contribution in [0.15, 0.2) is 79.3 Å². The average molecular weight is 372 g/mol. The Morgan fingerprint density at radius 3 is 2.46 bits per heavy atom. The van der Waals surface area contributed by atoms with E-state index in [-0.39, 0.29) is 5.91 Å². The van der Waals surface area contributed by atoms with E-state index in [0.29, 0.717) is 5.69 Å². The van der Waals surface area contributed by atoms with Gasteiger partial charge < -0.3 is 9.47 Å². The summed E-state index contributed by atoms with van der Waals surface area (Å²) in [7, 11) is 0. The topological polar surface area (TPSA) is 41.4 Å². The van der Waals surface area contributed by atoms with Crippen molar-refractivity contribution in [3.05, 3.63) is 90.5 Å². The second-order valence-corrected chi connectivity index (χ2v) is 6.90. The van der Waals surface area contributed by atoms with Crippen molar-refractivity contribution in [1.82, 2.24) is 19.4 Å². The Hall–Kier alpha value is -3.18. The molecule has 1 amide bonds. The first-order chi connectivity index (χ1) is 13.8. The van der Waals surface area contributed by atoms with Gasteiger partial charge in [-0.05, 0) is 29.8 Å². The van der Waals surface area contributed by atoms with Crippen LogP contribution in [0.3, 0.4) is 0 Å². The fourth-order valence-corrected chi connectivity index (χ4v) is 3.40. The highest BCUT2D eigenvalue weighted by Crippen LogP contribution is 2.12. The zero-order valence-electron chi connectivity index (χ0n) is 15.8. The van der Waals surface area contributed by atoms with Gasteiger partial charge >= 0.3 is 0 Å². The van der Waals surface area contributed by atoms with Crippen molar-refractivity contribution in [2.75, 3.05) is 32.7 Å². The molecule has 3 aromatic rings. The molecule has 4 rings (SSSR count). The number of pyridine rings is 1. The number of carbonyl (C=O) groups is 1. The summed E-state index contributed by atoms with van der Waals surface area (Å²) in [4.78, 5) is 21.4. The highest BCUT2D eigenvalue weighted by molar-refractivity contribution is 5.92. The van der Waals surface area contributed by atoms with Gasteiger partial charge in [0, 0.05) is 57.0 Å². The molecule has 0 spiro atoms. The molecule has 1 aromatic carbocycles. The number of benzene rings is 1. The van der Waals surface area contributed by atoms with Crippen molar-refractivity contribution in [2.45, 2.75) is 0 Å². The third-order valence-corrected chi connectivity index (χ3v) is 5.00. The second-order valence-electron chi connectivity index (χ2n) is 6.90. The minimum absolute atomic E-state index is 0.00786. The van der Waals surface area contributed by atoms with E-state index in [0.717, 1.165) is 38.4 Å². The van der Waals surface area contributed by atoms with Crippen LogP contribution in [0.1, 0.15) is 16.1 Å². The third-order valence-electron chi connectivity index (χ3n) is 5.00. The molecule has 0 saturated carbocycles. The largest absolute Gasteiger partial charge is 0.335 e. The Morgan fingerprint density at radius 1 is 0.964 bits per heavy atom. The first-order valence-electron chi connectivity index (χ1n) is 9.62. The van der Waals surface area contributed by atoms with E-state index in [9.17, 15) is 4.79 Å². The number of hydrogen-bond acceptors (Lipinski definition) is 3.